The van der Waals surface area contributed by atoms with Crippen LogP contribution in [0, 0.1) is 0 Å². The van der Waals surface area contributed by atoms with E-state index < -0.39 is 12.1 Å². The van der Waals surface area contributed by atoms with E-state index in [0.717, 1.165) is 34.7 Å². The molecule has 1 aliphatic heterocycles. The Balaban J connectivity index is 1.28. The van der Waals surface area contributed by atoms with E-state index in [1.165, 1.54) is 11.3 Å². The van der Waals surface area contributed by atoms with Crippen LogP contribution in [0.25, 0.3) is 0 Å². The molecule has 0 saturated carbocycles. The van der Waals surface area contributed by atoms with Gasteiger partial charge in [0.1, 0.15) is 12.6 Å². The van der Waals surface area contributed by atoms with Crippen molar-refractivity contribution in [2.45, 2.75) is 63.4 Å². The lowest BCUT2D eigenvalue weighted by atomic mass is 9.95. The number of alkyl carbamates (subject to hydrolysis) is 1. The van der Waals surface area contributed by atoms with Gasteiger partial charge in [-0.05, 0) is 54.9 Å². The number of morpholine rings is 1. The molecule has 4 aromatic rings. The first-order valence-corrected chi connectivity index (χ1v) is 18.7. The maximum absolute atomic E-state index is 14.2. The van der Waals surface area contributed by atoms with Crippen molar-refractivity contribution in [2.24, 2.45) is 0 Å². The molecule has 2 aromatic heterocycles. The molecular weight excluding hydrogens is 679 g/mol. The smallest absolute Gasteiger partial charge is 0.407 e. The Labute approximate surface area is 309 Å². The van der Waals surface area contributed by atoms with Gasteiger partial charge in [-0.25, -0.2) is 9.59 Å². The summed E-state index contributed by atoms with van der Waals surface area (Å²) >= 11 is 1.43. The summed E-state index contributed by atoms with van der Waals surface area (Å²) in [4.78, 5) is 53.4. The zero-order chi connectivity index (χ0) is 36.4. The molecule has 3 heterocycles. The molecule has 3 atom stereocenters. The van der Waals surface area contributed by atoms with Gasteiger partial charge in [0.05, 0.1) is 23.6 Å². The van der Waals surface area contributed by atoms with Gasteiger partial charge < -0.3 is 30.3 Å². The van der Waals surface area contributed by atoms with Crippen LogP contribution in [0.5, 0.6) is 0 Å². The van der Waals surface area contributed by atoms with E-state index in [2.05, 4.69) is 30.8 Å². The second-order valence-corrected chi connectivity index (χ2v) is 14.0. The van der Waals surface area contributed by atoms with Crippen molar-refractivity contribution in [2.75, 3.05) is 39.9 Å². The molecule has 0 bridgehead atoms. The number of thiazole rings is 1. The molecule has 13 heteroatoms. The van der Waals surface area contributed by atoms with Gasteiger partial charge in [0.25, 0.3) is 0 Å². The largest absolute Gasteiger partial charge is 0.444 e. The summed E-state index contributed by atoms with van der Waals surface area (Å²) in [5.74, 6) is -0.242. The van der Waals surface area contributed by atoms with Gasteiger partial charge in [-0.1, -0.05) is 66.7 Å². The summed E-state index contributed by atoms with van der Waals surface area (Å²) in [5, 5.41) is 9.37. The Morgan fingerprint density at radius 2 is 1.48 bits per heavy atom. The summed E-state index contributed by atoms with van der Waals surface area (Å²) in [6.45, 7) is 4.00. The zero-order valence-electron chi connectivity index (χ0n) is 29.7. The van der Waals surface area contributed by atoms with Crippen molar-refractivity contribution < 1.29 is 23.9 Å². The second-order valence-electron chi connectivity index (χ2n) is 13.0. The number of hydrogen-bond donors (Lipinski definition) is 3. The highest BCUT2D eigenvalue weighted by atomic mass is 32.1. The Bertz CT molecular complexity index is 1630. The molecule has 3 unspecified atom stereocenters. The highest BCUT2D eigenvalue weighted by molar-refractivity contribution is 7.09. The van der Waals surface area contributed by atoms with E-state index in [9.17, 15) is 14.4 Å². The summed E-state index contributed by atoms with van der Waals surface area (Å²) in [6.07, 6.45) is 7.40. The van der Waals surface area contributed by atoms with Crippen molar-refractivity contribution >= 4 is 29.4 Å². The lowest BCUT2D eigenvalue weighted by Crippen LogP contribution is -2.54. The average molecular weight is 728 g/mol. The number of carbonyl (C=O) groups excluding carboxylic acids is 3. The van der Waals surface area contributed by atoms with Crippen LogP contribution in [0.1, 0.15) is 40.8 Å². The van der Waals surface area contributed by atoms with Gasteiger partial charge in [0, 0.05) is 63.9 Å². The van der Waals surface area contributed by atoms with Crippen LogP contribution in [0.4, 0.5) is 9.59 Å². The SMILES string of the molecule is CN(Cc1cccnc1)C(=O)NC(CCN1CCOCC1)C(=O)NC(CCC(Cc1ccccc1)NC(=O)OCc1cncs1)Cc1ccccc1. The third-order valence-electron chi connectivity index (χ3n) is 8.95. The maximum atomic E-state index is 14.2. The third kappa shape index (κ3) is 13.4. The number of pyridine rings is 1. The van der Waals surface area contributed by atoms with Gasteiger partial charge in [-0.15, -0.1) is 11.3 Å². The molecule has 52 heavy (non-hydrogen) atoms. The summed E-state index contributed by atoms with van der Waals surface area (Å²) in [7, 11) is 1.71. The Morgan fingerprint density at radius 3 is 2.10 bits per heavy atom. The van der Waals surface area contributed by atoms with E-state index in [1.54, 1.807) is 36.0 Å². The van der Waals surface area contributed by atoms with Crippen LogP contribution in [0.15, 0.2) is 96.9 Å². The third-order valence-corrected chi connectivity index (χ3v) is 9.71. The first kappa shape index (κ1) is 38.4. The molecule has 4 amide bonds. The van der Waals surface area contributed by atoms with Crippen LogP contribution in [-0.4, -0.2) is 95.8 Å². The number of amides is 4. The van der Waals surface area contributed by atoms with E-state index >= 15 is 0 Å². The summed E-state index contributed by atoms with van der Waals surface area (Å²) in [5.41, 5.74) is 4.76. The number of aromatic nitrogens is 2. The Morgan fingerprint density at radius 1 is 0.827 bits per heavy atom. The van der Waals surface area contributed by atoms with E-state index in [0.29, 0.717) is 58.4 Å². The van der Waals surface area contributed by atoms with Gasteiger partial charge >= 0.3 is 12.1 Å². The van der Waals surface area contributed by atoms with E-state index in [-0.39, 0.29) is 30.6 Å². The fraction of sp³-hybridized carbons (Fsp3) is 0.410. The first-order chi connectivity index (χ1) is 25.4. The minimum absolute atomic E-state index is 0.149. The fourth-order valence-corrected chi connectivity index (χ4v) is 6.62. The van der Waals surface area contributed by atoms with Crippen molar-refractivity contribution in [3.05, 3.63) is 118 Å². The number of hydrogen-bond acceptors (Lipinski definition) is 9. The normalized spacial score (nSPS) is 14.8. The first-order valence-electron chi connectivity index (χ1n) is 17.8. The zero-order valence-corrected chi connectivity index (χ0v) is 30.5. The number of rotatable bonds is 18. The highest BCUT2D eigenvalue weighted by Crippen LogP contribution is 2.15. The molecule has 2 aromatic carbocycles. The molecule has 5 rings (SSSR count). The molecule has 276 valence electrons. The molecule has 1 saturated heterocycles. The lowest BCUT2D eigenvalue weighted by molar-refractivity contribution is -0.124. The summed E-state index contributed by atoms with van der Waals surface area (Å²) < 4.78 is 11.0. The second kappa shape index (κ2) is 20.9. The number of benzene rings is 2. The number of ether oxygens (including phenoxy) is 2. The van der Waals surface area contributed by atoms with Crippen LogP contribution < -0.4 is 16.0 Å². The molecule has 12 nitrogen and oxygen atoms in total. The van der Waals surface area contributed by atoms with E-state index in [4.69, 9.17) is 9.47 Å². The topological polar surface area (TPSA) is 138 Å². The minimum atomic E-state index is -0.759. The number of nitrogens with one attached hydrogen (secondary N) is 3. The lowest BCUT2D eigenvalue weighted by Gasteiger charge is -2.30. The van der Waals surface area contributed by atoms with Gasteiger partial charge in [0.2, 0.25) is 5.91 Å². The van der Waals surface area contributed by atoms with Gasteiger partial charge in [-0.3, -0.25) is 19.7 Å². The molecule has 0 radical (unpaired) electrons. The van der Waals surface area contributed by atoms with Gasteiger partial charge in [0.15, 0.2) is 0 Å². The predicted octanol–water partition coefficient (Wildman–Crippen LogP) is 4.82. The van der Waals surface area contributed by atoms with Crippen LogP contribution in [0.3, 0.4) is 0 Å². The molecular formula is C39H49N7O5S. The Kier molecular flexibility index (Phi) is 15.4. The van der Waals surface area contributed by atoms with Crippen LogP contribution in [-0.2, 0) is 40.3 Å². The predicted molar refractivity (Wildman–Crippen MR) is 201 cm³/mol. The molecule has 3 N–H and O–H groups in total. The molecule has 0 spiro atoms. The summed E-state index contributed by atoms with van der Waals surface area (Å²) in [6, 6.07) is 22.1. The van der Waals surface area contributed by atoms with E-state index in [1.807, 2.05) is 72.8 Å². The molecule has 0 aliphatic carbocycles. The fourth-order valence-electron chi connectivity index (χ4n) is 6.11. The van der Waals surface area contributed by atoms with Crippen molar-refractivity contribution in [3.8, 4) is 0 Å². The molecule has 1 fully saturated rings. The standard InChI is InChI=1S/C39H49N7O5S/c1-45(27-32-13-8-17-40-25-32)38(48)44-36(16-18-46-19-21-50-22-20-46)37(47)42-33(23-30-9-4-2-5-10-30)14-15-34(24-31-11-6-3-7-12-31)43-39(49)51-28-35-26-41-29-52-35/h2-13,17,25-26,29,33-34,36H,14-16,18-24,27-28H2,1H3,(H,42,47)(H,43,49)(H,44,48). The highest BCUT2D eigenvalue weighted by Gasteiger charge is 2.27. The average Bonchev–Trinajstić information content (AvgIpc) is 3.70. The number of nitrogens with zero attached hydrogens (tertiary/aromatic N) is 4. The minimum Gasteiger partial charge on any atom is -0.444 e. The monoisotopic (exact) mass is 727 g/mol. The van der Waals surface area contributed by atoms with Crippen LogP contribution in [0.2, 0.25) is 0 Å². The van der Waals surface area contributed by atoms with Crippen molar-refractivity contribution in [1.29, 1.82) is 0 Å². The van der Waals surface area contributed by atoms with Crippen molar-refractivity contribution in [1.82, 2.24) is 35.7 Å². The quantitative estimate of drug-likeness (QED) is 0.133. The Hall–Kier alpha value is -4.85. The van der Waals surface area contributed by atoms with Crippen molar-refractivity contribution in [3.63, 3.8) is 0 Å². The number of urea groups is 1. The number of carbonyl (C=O) groups is 3. The van der Waals surface area contributed by atoms with Gasteiger partial charge in [-0.2, -0.15) is 0 Å². The van der Waals surface area contributed by atoms with Crippen LogP contribution >= 0.6 is 11.3 Å². The molecule has 1 aliphatic rings. The maximum Gasteiger partial charge on any atom is 0.407 e.